The largest absolute Gasteiger partial charge is 0.389 e. The summed E-state index contributed by atoms with van der Waals surface area (Å²) in [5, 5.41) is 9.99. The maximum Gasteiger partial charge on any atom is 0.0781 e. The molecule has 2 aliphatic rings. The lowest BCUT2D eigenvalue weighted by atomic mass is 9.95. The molecule has 104 valence electrons. The van der Waals surface area contributed by atoms with Crippen LogP contribution in [-0.2, 0) is 0 Å². The molecule has 0 radical (unpaired) electrons. The Morgan fingerprint density at radius 1 is 1.11 bits per heavy atom. The quantitative estimate of drug-likeness (QED) is 0.890. The van der Waals surface area contributed by atoms with E-state index < -0.39 is 0 Å². The minimum absolute atomic E-state index is 0.374. The molecule has 1 saturated heterocycles. The molecule has 19 heavy (non-hydrogen) atoms. The van der Waals surface area contributed by atoms with E-state index in [2.05, 4.69) is 23.1 Å². The van der Waals surface area contributed by atoms with Gasteiger partial charge in [0.25, 0.3) is 0 Å². The van der Waals surface area contributed by atoms with Crippen LogP contribution in [0.5, 0.6) is 0 Å². The number of benzene rings is 1. The molecule has 0 amide bonds. The van der Waals surface area contributed by atoms with Crippen molar-refractivity contribution >= 4 is 5.69 Å². The van der Waals surface area contributed by atoms with Gasteiger partial charge in [-0.1, -0.05) is 31.0 Å². The molecule has 2 nitrogen and oxygen atoms in total. The summed E-state index contributed by atoms with van der Waals surface area (Å²) in [6.07, 6.45) is 7.88. The van der Waals surface area contributed by atoms with Crippen molar-refractivity contribution in [3.8, 4) is 0 Å². The SMILES string of the molecule is C[C@H](O)c1ccccc1N1CCCC1C1CCCC1. The summed E-state index contributed by atoms with van der Waals surface area (Å²) in [5.74, 6) is 0.879. The van der Waals surface area contributed by atoms with E-state index in [1.807, 2.05) is 13.0 Å². The fraction of sp³-hybridized carbons (Fsp3) is 0.647. The van der Waals surface area contributed by atoms with Gasteiger partial charge in [0.2, 0.25) is 0 Å². The highest BCUT2D eigenvalue weighted by Gasteiger charge is 2.34. The summed E-state index contributed by atoms with van der Waals surface area (Å²) in [6.45, 7) is 3.03. The van der Waals surface area contributed by atoms with Gasteiger partial charge in [-0.3, -0.25) is 0 Å². The number of para-hydroxylation sites is 1. The van der Waals surface area contributed by atoms with Gasteiger partial charge in [0, 0.05) is 23.8 Å². The van der Waals surface area contributed by atoms with Crippen LogP contribution in [0.1, 0.15) is 57.1 Å². The maximum absolute atomic E-state index is 9.99. The van der Waals surface area contributed by atoms with Crippen LogP contribution >= 0.6 is 0 Å². The third-order valence-corrected chi connectivity index (χ3v) is 4.94. The van der Waals surface area contributed by atoms with Gasteiger partial charge in [-0.05, 0) is 44.6 Å². The van der Waals surface area contributed by atoms with E-state index in [9.17, 15) is 5.11 Å². The Bertz CT molecular complexity index is 423. The zero-order valence-corrected chi connectivity index (χ0v) is 11.9. The highest BCUT2D eigenvalue weighted by atomic mass is 16.3. The van der Waals surface area contributed by atoms with Crippen LogP contribution in [-0.4, -0.2) is 17.7 Å². The topological polar surface area (TPSA) is 23.5 Å². The van der Waals surface area contributed by atoms with E-state index >= 15 is 0 Å². The Morgan fingerprint density at radius 3 is 2.58 bits per heavy atom. The first-order valence-electron chi connectivity index (χ1n) is 7.81. The van der Waals surface area contributed by atoms with Crippen LogP contribution < -0.4 is 4.90 Å². The summed E-state index contributed by atoms with van der Waals surface area (Å²) in [5.41, 5.74) is 2.36. The average Bonchev–Trinajstić information content (AvgIpc) is 3.09. The normalized spacial score (nSPS) is 26.0. The number of rotatable bonds is 3. The molecule has 1 aromatic carbocycles. The first-order valence-corrected chi connectivity index (χ1v) is 7.81. The molecule has 1 heterocycles. The lowest BCUT2D eigenvalue weighted by Crippen LogP contribution is -2.35. The van der Waals surface area contributed by atoms with Crippen molar-refractivity contribution in [1.29, 1.82) is 0 Å². The Morgan fingerprint density at radius 2 is 1.84 bits per heavy atom. The zero-order valence-electron chi connectivity index (χ0n) is 11.9. The molecular weight excluding hydrogens is 234 g/mol. The number of nitrogens with zero attached hydrogens (tertiary/aromatic N) is 1. The van der Waals surface area contributed by atoms with Gasteiger partial charge in [0.05, 0.1) is 6.10 Å². The Kier molecular flexibility index (Phi) is 3.79. The van der Waals surface area contributed by atoms with E-state index in [-0.39, 0.29) is 6.10 Å². The van der Waals surface area contributed by atoms with Crippen molar-refractivity contribution in [2.45, 2.75) is 57.6 Å². The predicted molar refractivity (Wildman–Crippen MR) is 79.4 cm³/mol. The molecule has 1 aliphatic carbocycles. The Hall–Kier alpha value is -1.02. The van der Waals surface area contributed by atoms with Gasteiger partial charge in [-0.15, -0.1) is 0 Å². The Labute approximate surface area is 116 Å². The van der Waals surface area contributed by atoms with Crippen molar-refractivity contribution in [3.05, 3.63) is 29.8 Å². The van der Waals surface area contributed by atoms with Gasteiger partial charge in [0.1, 0.15) is 0 Å². The molecule has 2 fully saturated rings. The van der Waals surface area contributed by atoms with Gasteiger partial charge in [0.15, 0.2) is 0 Å². The predicted octanol–water partition coefficient (Wildman–Crippen LogP) is 3.90. The van der Waals surface area contributed by atoms with Crippen molar-refractivity contribution in [2.75, 3.05) is 11.4 Å². The lowest BCUT2D eigenvalue weighted by molar-refractivity contribution is 0.199. The van der Waals surface area contributed by atoms with Crippen LogP contribution in [0, 0.1) is 5.92 Å². The van der Waals surface area contributed by atoms with Crippen molar-refractivity contribution in [2.24, 2.45) is 5.92 Å². The van der Waals surface area contributed by atoms with Gasteiger partial charge in [-0.25, -0.2) is 0 Å². The molecule has 3 rings (SSSR count). The van der Waals surface area contributed by atoms with Crippen LogP contribution in [0.15, 0.2) is 24.3 Å². The second kappa shape index (κ2) is 5.54. The van der Waals surface area contributed by atoms with E-state index in [1.165, 1.54) is 44.2 Å². The van der Waals surface area contributed by atoms with Gasteiger partial charge >= 0.3 is 0 Å². The third kappa shape index (κ3) is 2.51. The van der Waals surface area contributed by atoms with Crippen molar-refractivity contribution in [3.63, 3.8) is 0 Å². The molecule has 0 spiro atoms. The summed E-state index contributed by atoms with van der Waals surface area (Å²) >= 11 is 0. The Balaban J connectivity index is 1.87. The first-order chi connectivity index (χ1) is 9.27. The molecule has 2 atom stereocenters. The molecule has 0 bridgehead atoms. The highest BCUT2D eigenvalue weighted by Crippen LogP contribution is 2.39. The number of aliphatic hydroxyl groups is 1. The van der Waals surface area contributed by atoms with Crippen LogP contribution in [0.25, 0.3) is 0 Å². The fourth-order valence-electron chi connectivity index (χ4n) is 4.03. The standard InChI is InChI=1S/C17H25NO/c1-13(19)15-9-4-5-10-17(15)18-12-6-11-16(18)14-7-2-3-8-14/h4-5,9-10,13-14,16,19H,2-3,6-8,11-12H2,1H3/t13-,16?/m0/s1. The lowest BCUT2D eigenvalue weighted by Gasteiger charge is -2.33. The summed E-state index contributed by atoms with van der Waals surface area (Å²) < 4.78 is 0. The first kappa shape index (κ1) is 13.0. The van der Waals surface area contributed by atoms with Gasteiger partial charge in [-0.2, -0.15) is 0 Å². The second-order valence-electron chi connectivity index (χ2n) is 6.18. The molecule has 2 heteroatoms. The van der Waals surface area contributed by atoms with Crippen molar-refractivity contribution in [1.82, 2.24) is 0 Å². The average molecular weight is 259 g/mol. The summed E-state index contributed by atoms with van der Waals surface area (Å²) in [4.78, 5) is 2.58. The molecule has 1 N–H and O–H groups in total. The fourth-order valence-corrected chi connectivity index (χ4v) is 4.03. The van der Waals surface area contributed by atoms with E-state index in [0.29, 0.717) is 6.04 Å². The molecule has 1 aromatic rings. The smallest absolute Gasteiger partial charge is 0.0781 e. The van der Waals surface area contributed by atoms with E-state index in [4.69, 9.17) is 0 Å². The highest BCUT2D eigenvalue weighted by molar-refractivity contribution is 5.56. The zero-order chi connectivity index (χ0) is 13.2. The number of hydrogen-bond donors (Lipinski definition) is 1. The van der Waals surface area contributed by atoms with E-state index in [1.54, 1.807) is 0 Å². The molecule has 1 unspecified atom stereocenters. The molecule has 1 aliphatic heterocycles. The number of anilines is 1. The molecule has 0 aromatic heterocycles. The van der Waals surface area contributed by atoms with Crippen LogP contribution in [0.2, 0.25) is 0 Å². The second-order valence-corrected chi connectivity index (χ2v) is 6.18. The minimum atomic E-state index is -0.374. The monoisotopic (exact) mass is 259 g/mol. The van der Waals surface area contributed by atoms with Crippen LogP contribution in [0.4, 0.5) is 5.69 Å². The van der Waals surface area contributed by atoms with Gasteiger partial charge < -0.3 is 10.0 Å². The van der Waals surface area contributed by atoms with Crippen LogP contribution in [0.3, 0.4) is 0 Å². The third-order valence-electron chi connectivity index (χ3n) is 4.94. The number of hydrogen-bond acceptors (Lipinski definition) is 2. The number of aliphatic hydroxyl groups excluding tert-OH is 1. The summed E-state index contributed by atoms with van der Waals surface area (Å²) in [7, 11) is 0. The molecular formula is C17H25NO. The minimum Gasteiger partial charge on any atom is -0.389 e. The molecule has 1 saturated carbocycles. The van der Waals surface area contributed by atoms with E-state index in [0.717, 1.165) is 18.0 Å². The van der Waals surface area contributed by atoms with Crippen molar-refractivity contribution < 1.29 is 5.11 Å². The summed E-state index contributed by atoms with van der Waals surface area (Å²) in [6, 6.07) is 9.11. The maximum atomic E-state index is 9.99.